The molecule has 0 aromatic carbocycles. The van der Waals surface area contributed by atoms with Crippen molar-refractivity contribution in [3.63, 3.8) is 0 Å². The zero-order valence-electron chi connectivity index (χ0n) is 11.8. The smallest absolute Gasteiger partial charge is 0.0198 e. The van der Waals surface area contributed by atoms with Crippen molar-refractivity contribution in [1.82, 2.24) is 10.2 Å². The third-order valence-corrected chi connectivity index (χ3v) is 4.41. The Balaban J connectivity index is 1.74. The summed E-state index contributed by atoms with van der Waals surface area (Å²) in [5, 5.41) is 3.81. The number of rotatable bonds is 7. The summed E-state index contributed by atoms with van der Waals surface area (Å²) >= 11 is 0. The van der Waals surface area contributed by atoms with Gasteiger partial charge in [-0.1, -0.05) is 26.7 Å². The summed E-state index contributed by atoms with van der Waals surface area (Å²) in [4.78, 5) is 2.70. The van der Waals surface area contributed by atoms with Crippen molar-refractivity contribution in [2.45, 2.75) is 58.4 Å². The van der Waals surface area contributed by atoms with Crippen LogP contribution in [0, 0.1) is 11.8 Å². The molecular formula is C15H30N2. The van der Waals surface area contributed by atoms with E-state index in [0.29, 0.717) is 0 Å². The predicted octanol–water partition coefficient (Wildman–Crippen LogP) is 2.89. The van der Waals surface area contributed by atoms with Crippen LogP contribution in [-0.4, -0.2) is 37.1 Å². The lowest BCUT2D eigenvalue weighted by Gasteiger charge is -2.38. The van der Waals surface area contributed by atoms with Crippen LogP contribution in [0.4, 0.5) is 0 Å². The molecule has 2 rings (SSSR count). The topological polar surface area (TPSA) is 15.3 Å². The summed E-state index contributed by atoms with van der Waals surface area (Å²) in [6.45, 7) is 9.88. The molecule has 17 heavy (non-hydrogen) atoms. The van der Waals surface area contributed by atoms with Crippen LogP contribution in [0.3, 0.4) is 0 Å². The molecule has 0 bridgehead atoms. The Morgan fingerprint density at radius 1 is 1.12 bits per heavy atom. The van der Waals surface area contributed by atoms with E-state index < -0.39 is 0 Å². The van der Waals surface area contributed by atoms with Gasteiger partial charge in [0.25, 0.3) is 0 Å². The van der Waals surface area contributed by atoms with Crippen LogP contribution in [0.5, 0.6) is 0 Å². The van der Waals surface area contributed by atoms with Crippen molar-refractivity contribution in [2.24, 2.45) is 11.8 Å². The normalized spacial score (nSPS) is 30.7. The lowest BCUT2D eigenvalue weighted by molar-refractivity contribution is 0.136. The van der Waals surface area contributed by atoms with E-state index in [1.54, 1.807) is 0 Å². The molecule has 2 atom stereocenters. The van der Waals surface area contributed by atoms with Crippen LogP contribution in [0.1, 0.15) is 52.4 Å². The Hall–Kier alpha value is -0.0800. The highest BCUT2D eigenvalue weighted by atomic mass is 15.2. The van der Waals surface area contributed by atoms with E-state index in [1.165, 1.54) is 64.7 Å². The van der Waals surface area contributed by atoms with E-state index in [-0.39, 0.29) is 0 Å². The maximum Gasteiger partial charge on any atom is 0.0198 e. The van der Waals surface area contributed by atoms with E-state index in [9.17, 15) is 0 Å². The third-order valence-electron chi connectivity index (χ3n) is 4.41. The van der Waals surface area contributed by atoms with Crippen molar-refractivity contribution >= 4 is 0 Å². The molecule has 0 spiro atoms. The summed E-state index contributed by atoms with van der Waals surface area (Å²) in [5.74, 6) is 1.94. The fourth-order valence-electron chi connectivity index (χ4n) is 2.97. The molecule has 1 aliphatic heterocycles. The van der Waals surface area contributed by atoms with Crippen LogP contribution in [0.15, 0.2) is 0 Å². The van der Waals surface area contributed by atoms with Crippen LogP contribution in [0.2, 0.25) is 0 Å². The lowest BCUT2D eigenvalue weighted by Crippen LogP contribution is -2.49. The summed E-state index contributed by atoms with van der Waals surface area (Å²) in [6, 6.07) is 0.770. The molecule has 1 aliphatic carbocycles. The molecule has 2 aliphatic rings. The average Bonchev–Trinajstić information content (AvgIpc) is 3.17. The summed E-state index contributed by atoms with van der Waals surface area (Å²) in [6.07, 6.45) is 8.39. The molecule has 2 unspecified atom stereocenters. The SMILES string of the molecule is CCCCN1CC(CC)CC(NCC2CC2)C1. The van der Waals surface area contributed by atoms with Crippen molar-refractivity contribution < 1.29 is 0 Å². The molecule has 2 fully saturated rings. The first kappa shape index (κ1) is 13.4. The molecule has 2 heteroatoms. The quantitative estimate of drug-likeness (QED) is 0.733. The zero-order valence-corrected chi connectivity index (χ0v) is 11.8. The number of likely N-dealkylation sites (tertiary alicyclic amines) is 1. The van der Waals surface area contributed by atoms with Gasteiger partial charge in [-0.05, 0) is 50.6 Å². The maximum absolute atomic E-state index is 3.81. The Morgan fingerprint density at radius 2 is 1.94 bits per heavy atom. The van der Waals surface area contributed by atoms with Gasteiger partial charge in [0.1, 0.15) is 0 Å². The van der Waals surface area contributed by atoms with Gasteiger partial charge in [0, 0.05) is 19.1 Å². The second-order valence-electron chi connectivity index (χ2n) is 6.17. The van der Waals surface area contributed by atoms with Crippen LogP contribution < -0.4 is 5.32 Å². The fraction of sp³-hybridized carbons (Fsp3) is 1.00. The minimum Gasteiger partial charge on any atom is -0.312 e. The van der Waals surface area contributed by atoms with Gasteiger partial charge in [0.05, 0.1) is 0 Å². The Kier molecular flexibility index (Phi) is 5.30. The lowest BCUT2D eigenvalue weighted by atomic mass is 9.92. The monoisotopic (exact) mass is 238 g/mol. The van der Waals surface area contributed by atoms with E-state index in [1.807, 2.05) is 0 Å². The molecule has 0 radical (unpaired) electrons. The first-order chi connectivity index (χ1) is 8.31. The number of hydrogen-bond donors (Lipinski definition) is 1. The number of nitrogens with zero attached hydrogens (tertiary/aromatic N) is 1. The van der Waals surface area contributed by atoms with Gasteiger partial charge >= 0.3 is 0 Å². The minimum atomic E-state index is 0.770. The van der Waals surface area contributed by atoms with Crippen molar-refractivity contribution in [2.75, 3.05) is 26.2 Å². The highest BCUT2D eigenvalue weighted by Crippen LogP contribution is 2.28. The van der Waals surface area contributed by atoms with Gasteiger partial charge in [-0.3, -0.25) is 0 Å². The van der Waals surface area contributed by atoms with Crippen molar-refractivity contribution in [3.8, 4) is 0 Å². The van der Waals surface area contributed by atoms with Crippen LogP contribution in [0.25, 0.3) is 0 Å². The van der Waals surface area contributed by atoms with Gasteiger partial charge < -0.3 is 10.2 Å². The zero-order chi connectivity index (χ0) is 12.1. The Morgan fingerprint density at radius 3 is 2.59 bits per heavy atom. The molecule has 100 valence electrons. The second-order valence-corrected chi connectivity index (χ2v) is 6.17. The summed E-state index contributed by atoms with van der Waals surface area (Å²) in [7, 11) is 0. The fourth-order valence-corrected chi connectivity index (χ4v) is 2.97. The van der Waals surface area contributed by atoms with Gasteiger partial charge in [0.15, 0.2) is 0 Å². The Bertz CT molecular complexity index is 213. The number of hydrogen-bond acceptors (Lipinski definition) is 2. The molecule has 1 saturated carbocycles. The molecule has 2 nitrogen and oxygen atoms in total. The van der Waals surface area contributed by atoms with Gasteiger partial charge in [-0.25, -0.2) is 0 Å². The van der Waals surface area contributed by atoms with E-state index in [0.717, 1.165) is 17.9 Å². The van der Waals surface area contributed by atoms with Crippen LogP contribution >= 0.6 is 0 Å². The molecule has 1 heterocycles. The van der Waals surface area contributed by atoms with Crippen molar-refractivity contribution in [3.05, 3.63) is 0 Å². The summed E-state index contributed by atoms with van der Waals surface area (Å²) in [5.41, 5.74) is 0. The van der Waals surface area contributed by atoms with E-state index in [2.05, 4.69) is 24.1 Å². The molecule has 0 aromatic heterocycles. The second kappa shape index (κ2) is 6.75. The summed E-state index contributed by atoms with van der Waals surface area (Å²) < 4.78 is 0. The number of nitrogens with one attached hydrogen (secondary N) is 1. The molecular weight excluding hydrogens is 208 g/mol. The highest BCUT2D eigenvalue weighted by Gasteiger charge is 2.27. The number of unbranched alkanes of at least 4 members (excludes halogenated alkanes) is 1. The van der Waals surface area contributed by atoms with E-state index in [4.69, 9.17) is 0 Å². The van der Waals surface area contributed by atoms with Gasteiger partial charge in [-0.2, -0.15) is 0 Å². The Labute approximate surface area is 107 Å². The maximum atomic E-state index is 3.81. The van der Waals surface area contributed by atoms with Crippen molar-refractivity contribution in [1.29, 1.82) is 0 Å². The average molecular weight is 238 g/mol. The van der Waals surface area contributed by atoms with Gasteiger partial charge in [-0.15, -0.1) is 0 Å². The molecule has 0 aromatic rings. The van der Waals surface area contributed by atoms with Gasteiger partial charge in [0.2, 0.25) is 0 Å². The molecule has 1 saturated heterocycles. The molecule has 0 amide bonds. The standard InChI is InChI=1S/C15H30N2/c1-3-5-8-17-11-13(4-2)9-15(12-17)16-10-14-6-7-14/h13-16H,3-12H2,1-2H3. The predicted molar refractivity (Wildman–Crippen MR) is 74.3 cm³/mol. The highest BCUT2D eigenvalue weighted by molar-refractivity contribution is 4.85. The first-order valence-electron chi connectivity index (χ1n) is 7.77. The number of piperidine rings is 1. The largest absolute Gasteiger partial charge is 0.312 e. The van der Waals surface area contributed by atoms with Crippen LogP contribution in [-0.2, 0) is 0 Å². The minimum absolute atomic E-state index is 0.770. The molecule has 1 N–H and O–H groups in total. The van der Waals surface area contributed by atoms with E-state index >= 15 is 0 Å². The third kappa shape index (κ3) is 4.59. The first-order valence-corrected chi connectivity index (χ1v) is 7.77.